The molecular formula is C16H24N2O4. The molecule has 6 nitrogen and oxygen atoms in total. The number of carbonyl (C=O) groups excluding carboxylic acids is 2. The van der Waals surface area contributed by atoms with Gasteiger partial charge < -0.3 is 15.3 Å². The van der Waals surface area contributed by atoms with Crippen LogP contribution in [0, 0.1) is 5.92 Å². The lowest BCUT2D eigenvalue weighted by atomic mass is 10.1. The van der Waals surface area contributed by atoms with Crippen LogP contribution in [-0.2, 0) is 14.4 Å². The molecule has 0 aromatic heterocycles. The van der Waals surface area contributed by atoms with Crippen molar-refractivity contribution in [3.05, 3.63) is 12.7 Å². The van der Waals surface area contributed by atoms with E-state index < -0.39 is 17.9 Å². The van der Waals surface area contributed by atoms with Gasteiger partial charge in [0, 0.05) is 19.0 Å². The van der Waals surface area contributed by atoms with Gasteiger partial charge in [0.05, 0.1) is 5.92 Å². The molecule has 2 unspecified atom stereocenters. The predicted molar refractivity (Wildman–Crippen MR) is 81.1 cm³/mol. The first kappa shape index (κ1) is 16.5. The summed E-state index contributed by atoms with van der Waals surface area (Å²) in [4.78, 5) is 37.3. The Kier molecular flexibility index (Phi) is 5.57. The zero-order valence-electron chi connectivity index (χ0n) is 12.8. The summed E-state index contributed by atoms with van der Waals surface area (Å²) in [6.07, 6.45) is 6.95. The molecule has 0 bridgehead atoms. The molecule has 2 aliphatic rings. The molecule has 0 aromatic carbocycles. The zero-order valence-corrected chi connectivity index (χ0v) is 12.8. The number of carboxylic acids is 1. The fourth-order valence-corrected chi connectivity index (χ4v) is 3.31. The van der Waals surface area contributed by atoms with E-state index in [9.17, 15) is 14.4 Å². The van der Waals surface area contributed by atoms with Gasteiger partial charge in [-0.2, -0.15) is 0 Å². The van der Waals surface area contributed by atoms with E-state index in [0.717, 1.165) is 25.7 Å². The van der Waals surface area contributed by atoms with Crippen molar-refractivity contribution in [3.8, 4) is 0 Å². The predicted octanol–water partition coefficient (Wildman–Crippen LogP) is 1.31. The van der Waals surface area contributed by atoms with Crippen molar-refractivity contribution < 1.29 is 19.5 Å². The molecule has 2 N–H and O–H groups in total. The van der Waals surface area contributed by atoms with Crippen molar-refractivity contribution in [2.45, 2.75) is 57.0 Å². The minimum atomic E-state index is -1.05. The summed E-state index contributed by atoms with van der Waals surface area (Å²) in [6.45, 7) is 3.98. The van der Waals surface area contributed by atoms with E-state index in [2.05, 4.69) is 11.9 Å². The Morgan fingerprint density at radius 3 is 2.68 bits per heavy atom. The Balaban J connectivity index is 1.90. The molecule has 2 amide bonds. The van der Waals surface area contributed by atoms with Crippen molar-refractivity contribution in [1.82, 2.24) is 10.2 Å². The standard InChI is InChI=1S/C16H24N2O4/c1-2-3-8-13(16(21)22)17-15(20)11-9-14(19)18(10-11)12-6-4-5-7-12/h2,11-13H,1,3-10H2,(H,17,20)(H,21,22). The number of nitrogens with zero attached hydrogens (tertiary/aromatic N) is 1. The lowest BCUT2D eigenvalue weighted by molar-refractivity contribution is -0.142. The molecule has 1 saturated carbocycles. The van der Waals surface area contributed by atoms with E-state index in [-0.39, 0.29) is 24.3 Å². The van der Waals surface area contributed by atoms with Crippen molar-refractivity contribution in [2.24, 2.45) is 5.92 Å². The Labute approximate surface area is 130 Å². The average Bonchev–Trinajstić information content (AvgIpc) is 3.11. The Bertz CT molecular complexity index is 457. The van der Waals surface area contributed by atoms with E-state index in [0.29, 0.717) is 19.4 Å². The second-order valence-electron chi connectivity index (χ2n) is 6.15. The molecule has 1 aliphatic heterocycles. The van der Waals surface area contributed by atoms with Crippen molar-refractivity contribution in [1.29, 1.82) is 0 Å². The monoisotopic (exact) mass is 308 g/mol. The van der Waals surface area contributed by atoms with Crippen LogP contribution in [0.5, 0.6) is 0 Å². The number of carboxylic acid groups (broad SMARTS) is 1. The highest BCUT2D eigenvalue weighted by Crippen LogP contribution is 2.29. The molecule has 0 spiro atoms. The lowest BCUT2D eigenvalue weighted by Gasteiger charge is -2.24. The van der Waals surface area contributed by atoms with Crippen LogP contribution in [0.2, 0.25) is 0 Å². The third-order valence-electron chi connectivity index (χ3n) is 4.57. The summed E-state index contributed by atoms with van der Waals surface area (Å²) in [7, 11) is 0. The van der Waals surface area contributed by atoms with Crippen molar-refractivity contribution in [2.75, 3.05) is 6.54 Å². The van der Waals surface area contributed by atoms with Crippen LogP contribution in [0.4, 0.5) is 0 Å². The number of carbonyl (C=O) groups is 3. The second-order valence-corrected chi connectivity index (χ2v) is 6.15. The normalized spacial score (nSPS) is 23.5. The van der Waals surface area contributed by atoms with Gasteiger partial charge in [-0.05, 0) is 25.7 Å². The fraction of sp³-hybridized carbons (Fsp3) is 0.688. The Hall–Kier alpha value is -1.85. The molecule has 0 radical (unpaired) electrons. The van der Waals surface area contributed by atoms with Gasteiger partial charge in [-0.25, -0.2) is 4.79 Å². The van der Waals surface area contributed by atoms with Gasteiger partial charge in [0.2, 0.25) is 11.8 Å². The highest BCUT2D eigenvalue weighted by molar-refractivity contribution is 5.91. The second kappa shape index (κ2) is 7.42. The molecular weight excluding hydrogens is 284 g/mol. The number of rotatable bonds is 7. The molecule has 122 valence electrons. The van der Waals surface area contributed by atoms with Gasteiger partial charge in [0.1, 0.15) is 6.04 Å². The zero-order chi connectivity index (χ0) is 16.1. The number of hydrogen-bond acceptors (Lipinski definition) is 3. The van der Waals surface area contributed by atoms with Crippen LogP contribution < -0.4 is 5.32 Å². The number of amides is 2. The maximum atomic E-state index is 12.3. The number of nitrogens with one attached hydrogen (secondary N) is 1. The average molecular weight is 308 g/mol. The molecule has 6 heteroatoms. The molecule has 0 aromatic rings. The third kappa shape index (κ3) is 3.87. The number of likely N-dealkylation sites (tertiary alicyclic amines) is 1. The smallest absolute Gasteiger partial charge is 0.326 e. The number of allylic oxidation sites excluding steroid dienone is 1. The van der Waals surface area contributed by atoms with Gasteiger partial charge in [-0.15, -0.1) is 6.58 Å². The van der Waals surface area contributed by atoms with E-state index in [1.165, 1.54) is 0 Å². The van der Waals surface area contributed by atoms with Gasteiger partial charge in [-0.1, -0.05) is 18.9 Å². The Morgan fingerprint density at radius 1 is 1.41 bits per heavy atom. The van der Waals surface area contributed by atoms with E-state index in [4.69, 9.17) is 5.11 Å². The summed E-state index contributed by atoms with van der Waals surface area (Å²) in [5.41, 5.74) is 0. The molecule has 22 heavy (non-hydrogen) atoms. The van der Waals surface area contributed by atoms with Crippen LogP contribution in [0.1, 0.15) is 44.9 Å². The van der Waals surface area contributed by atoms with Crippen LogP contribution >= 0.6 is 0 Å². The summed E-state index contributed by atoms with van der Waals surface area (Å²) in [5, 5.41) is 11.7. The van der Waals surface area contributed by atoms with Gasteiger partial charge in [0.25, 0.3) is 0 Å². The maximum absolute atomic E-state index is 12.3. The van der Waals surface area contributed by atoms with Crippen LogP contribution in [0.15, 0.2) is 12.7 Å². The topological polar surface area (TPSA) is 86.7 Å². The largest absolute Gasteiger partial charge is 0.480 e. The van der Waals surface area contributed by atoms with Crippen molar-refractivity contribution in [3.63, 3.8) is 0 Å². The Morgan fingerprint density at radius 2 is 2.09 bits per heavy atom. The summed E-state index contributed by atoms with van der Waals surface area (Å²) in [6, 6.07) is -0.650. The first-order valence-electron chi connectivity index (χ1n) is 7.96. The van der Waals surface area contributed by atoms with Crippen LogP contribution in [0.25, 0.3) is 0 Å². The summed E-state index contributed by atoms with van der Waals surface area (Å²) < 4.78 is 0. The number of hydrogen-bond donors (Lipinski definition) is 2. The van der Waals surface area contributed by atoms with E-state index in [1.54, 1.807) is 6.08 Å². The van der Waals surface area contributed by atoms with Gasteiger partial charge in [-0.3, -0.25) is 9.59 Å². The molecule has 1 heterocycles. The molecule has 1 saturated heterocycles. The quantitative estimate of drug-likeness (QED) is 0.694. The highest BCUT2D eigenvalue weighted by atomic mass is 16.4. The third-order valence-corrected chi connectivity index (χ3v) is 4.57. The highest BCUT2D eigenvalue weighted by Gasteiger charge is 2.39. The van der Waals surface area contributed by atoms with Crippen LogP contribution in [-0.4, -0.2) is 46.4 Å². The minimum Gasteiger partial charge on any atom is -0.480 e. The van der Waals surface area contributed by atoms with E-state index in [1.807, 2.05) is 4.90 Å². The molecule has 2 atom stereocenters. The fourth-order valence-electron chi connectivity index (χ4n) is 3.31. The first-order valence-corrected chi connectivity index (χ1v) is 7.96. The molecule has 1 aliphatic carbocycles. The van der Waals surface area contributed by atoms with Gasteiger partial charge in [0.15, 0.2) is 0 Å². The first-order chi connectivity index (χ1) is 10.5. The number of aliphatic carboxylic acids is 1. The van der Waals surface area contributed by atoms with Crippen LogP contribution in [0.3, 0.4) is 0 Å². The maximum Gasteiger partial charge on any atom is 0.326 e. The SMILES string of the molecule is C=CCCC(NC(=O)C1CC(=O)N(C2CCCC2)C1)C(=O)O. The minimum absolute atomic E-state index is 0.0185. The summed E-state index contributed by atoms with van der Waals surface area (Å²) >= 11 is 0. The summed E-state index contributed by atoms with van der Waals surface area (Å²) in [5.74, 6) is -1.79. The van der Waals surface area contributed by atoms with Gasteiger partial charge >= 0.3 is 5.97 Å². The molecule has 2 fully saturated rings. The van der Waals surface area contributed by atoms with Crippen molar-refractivity contribution >= 4 is 17.8 Å². The molecule has 2 rings (SSSR count). The lowest BCUT2D eigenvalue weighted by Crippen LogP contribution is -2.44. The van der Waals surface area contributed by atoms with E-state index >= 15 is 0 Å².